The Kier molecular flexibility index (Phi) is 2.94. The fourth-order valence-corrected chi connectivity index (χ4v) is 1.90. The van der Waals surface area contributed by atoms with Crippen LogP contribution < -0.4 is 15.9 Å². The van der Waals surface area contributed by atoms with Crippen LogP contribution >= 0.6 is 9.24 Å². The van der Waals surface area contributed by atoms with Crippen LogP contribution in [0.3, 0.4) is 0 Å². The molecule has 0 saturated heterocycles. The number of carbonyl (C=O) groups is 1. The van der Waals surface area contributed by atoms with Crippen LogP contribution in [0.5, 0.6) is 5.75 Å². The molecule has 2 rings (SSSR count). The standard InChI is InChI=1S/C11H11N2O3P/c1-5(14)6-3-7-8(4-9(6)16-2)12-11(17)13-10(7)15/h3-4H,17H2,1-2H3,(H,12,13,15). The maximum atomic E-state index is 11.7. The highest BCUT2D eigenvalue weighted by atomic mass is 31.0. The molecule has 1 aromatic carbocycles. The normalized spacial score (nSPS) is 10.5. The number of aromatic nitrogens is 2. The number of ether oxygens (including phenoxy) is 1. The monoisotopic (exact) mass is 250 g/mol. The highest BCUT2D eigenvalue weighted by molar-refractivity contribution is 7.26. The Morgan fingerprint density at radius 2 is 2.18 bits per heavy atom. The average molecular weight is 250 g/mol. The molecule has 0 amide bonds. The average Bonchev–Trinajstić information content (AvgIpc) is 2.26. The number of ketones is 1. The number of nitrogens with zero attached hydrogens (tertiary/aromatic N) is 1. The molecule has 2 aromatic rings. The molecule has 1 N–H and O–H groups in total. The van der Waals surface area contributed by atoms with Gasteiger partial charge in [-0.3, -0.25) is 9.59 Å². The lowest BCUT2D eigenvalue weighted by molar-refractivity contribution is 0.101. The van der Waals surface area contributed by atoms with Crippen LogP contribution in [0.4, 0.5) is 0 Å². The van der Waals surface area contributed by atoms with E-state index in [1.54, 1.807) is 6.07 Å². The number of fused-ring (bicyclic) bond motifs is 1. The van der Waals surface area contributed by atoms with Crippen molar-refractivity contribution in [3.05, 3.63) is 28.0 Å². The summed E-state index contributed by atoms with van der Waals surface area (Å²) < 4.78 is 5.11. The van der Waals surface area contributed by atoms with Gasteiger partial charge in [0.15, 0.2) is 5.78 Å². The lowest BCUT2D eigenvalue weighted by atomic mass is 10.1. The van der Waals surface area contributed by atoms with E-state index in [1.165, 1.54) is 20.1 Å². The molecular formula is C11H11N2O3P. The van der Waals surface area contributed by atoms with Gasteiger partial charge in [-0.05, 0) is 13.0 Å². The first-order chi connectivity index (χ1) is 8.02. The lowest BCUT2D eigenvalue weighted by Gasteiger charge is -2.07. The predicted molar refractivity (Wildman–Crippen MR) is 68.3 cm³/mol. The van der Waals surface area contributed by atoms with E-state index >= 15 is 0 Å². The van der Waals surface area contributed by atoms with E-state index in [1.807, 2.05) is 0 Å². The summed E-state index contributed by atoms with van der Waals surface area (Å²) in [5.41, 5.74) is 1.05. The lowest BCUT2D eigenvalue weighted by Crippen LogP contribution is -2.18. The molecule has 0 fully saturated rings. The Balaban J connectivity index is 2.88. The first-order valence-electron chi connectivity index (χ1n) is 4.91. The van der Waals surface area contributed by atoms with Gasteiger partial charge in [-0.1, -0.05) is 9.24 Å². The highest BCUT2D eigenvalue weighted by Crippen LogP contribution is 2.23. The highest BCUT2D eigenvalue weighted by Gasteiger charge is 2.12. The first kappa shape index (κ1) is 11.7. The van der Waals surface area contributed by atoms with Gasteiger partial charge in [0, 0.05) is 6.07 Å². The van der Waals surface area contributed by atoms with E-state index in [-0.39, 0.29) is 11.3 Å². The van der Waals surface area contributed by atoms with Crippen molar-refractivity contribution in [3.8, 4) is 5.75 Å². The molecule has 1 atom stereocenters. The third kappa shape index (κ3) is 2.06. The van der Waals surface area contributed by atoms with Crippen LogP contribution in [0.15, 0.2) is 16.9 Å². The number of hydrogen-bond donors (Lipinski definition) is 1. The van der Waals surface area contributed by atoms with Crippen LogP contribution in [0.25, 0.3) is 10.9 Å². The molecule has 0 bridgehead atoms. The molecule has 0 aliphatic rings. The SMILES string of the molecule is COc1cc2nc(P)[nH]c(=O)c2cc1C(C)=O. The van der Waals surface area contributed by atoms with Crippen molar-refractivity contribution in [2.24, 2.45) is 0 Å². The Morgan fingerprint density at radius 3 is 2.76 bits per heavy atom. The van der Waals surface area contributed by atoms with Crippen molar-refractivity contribution in [2.75, 3.05) is 7.11 Å². The van der Waals surface area contributed by atoms with Gasteiger partial charge in [0.1, 0.15) is 11.3 Å². The van der Waals surface area contributed by atoms with Gasteiger partial charge in [-0.15, -0.1) is 0 Å². The molecule has 88 valence electrons. The quantitative estimate of drug-likeness (QED) is 0.627. The summed E-state index contributed by atoms with van der Waals surface area (Å²) in [4.78, 5) is 29.9. The van der Waals surface area contributed by atoms with Gasteiger partial charge < -0.3 is 9.72 Å². The third-order valence-corrected chi connectivity index (χ3v) is 2.70. The van der Waals surface area contributed by atoms with E-state index in [0.29, 0.717) is 27.8 Å². The van der Waals surface area contributed by atoms with Crippen molar-refractivity contribution in [1.82, 2.24) is 9.97 Å². The van der Waals surface area contributed by atoms with Gasteiger partial charge in [-0.2, -0.15) is 0 Å². The Bertz CT molecular complexity index is 664. The largest absolute Gasteiger partial charge is 0.496 e. The molecule has 0 radical (unpaired) electrons. The Hall–Kier alpha value is -1.74. The molecule has 0 spiro atoms. The van der Waals surface area contributed by atoms with E-state index in [9.17, 15) is 9.59 Å². The zero-order valence-corrected chi connectivity index (χ0v) is 10.6. The summed E-state index contributed by atoms with van der Waals surface area (Å²) >= 11 is 0. The fraction of sp³-hybridized carbons (Fsp3) is 0.182. The van der Waals surface area contributed by atoms with Crippen LogP contribution in [0.1, 0.15) is 17.3 Å². The van der Waals surface area contributed by atoms with Gasteiger partial charge >= 0.3 is 0 Å². The maximum absolute atomic E-state index is 11.7. The third-order valence-electron chi connectivity index (χ3n) is 2.42. The van der Waals surface area contributed by atoms with Crippen molar-refractivity contribution >= 4 is 31.5 Å². The number of carbonyl (C=O) groups excluding carboxylic acids is 1. The second kappa shape index (κ2) is 4.26. The number of rotatable bonds is 2. The number of methoxy groups -OCH3 is 1. The van der Waals surface area contributed by atoms with E-state index in [0.717, 1.165) is 0 Å². The molecule has 0 aliphatic heterocycles. The van der Waals surface area contributed by atoms with E-state index in [4.69, 9.17) is 4.74 Å². The number of Topliss-reactive ketones (excluding diaryl/α,β-unsaturated/α-hetero) is 1. The summed E-state index contributed by atoms with van der Waals surface area (Å²) in [6.07, 6.45) is 0. The second-order valence-electron chi connectivity index (χ2n) is 3.58. The number of hydrogen-bond acceptors (Lipinski definition) is 4. The number of benzene rings is 1. The minimum absolute atomic E-state index is 0.155. The number of aromatic amines is 1. The van der Waals surface area contributed by atoms with Crippen molar-refractivity contribution in [2.45, 2.75) is 6.92 Å². The van der Waals surface area contributed by atoms with E-state index in [2.05, 4.69) is 19.2 Å². The molecule has 17 heavy (non-hydrogen) atoms. The molecule has 5 nitrogen and oxygen atoms in total. The van der Waals surface area contributed by atoms with Crippen molar-refractivity contribution < 1.29 is 9.53 Å². The predicted octanol–water partition coefficient (Wildman–Crippen LogP) is 0.635. The Morgan fingerprint density at radius 1 is 1.47 bits per heavy atom. The molecular weight excluding hydrogens is 239 g/mol. The van der Waals surface area contributed by atoms with Gasteiger partial charge in [0.2, 0.25) is 0 Å². The number of nitrogens with one attached hydrogen (secondary N) is 1. The van der Waals surface area contributed by atoms with Crippen LogP contribution in [0, 0.1) is 0 Å². The van der Waals surface area contributed by atoms with E-state index < -0.39 is 0 Å². The maximum Gasteiger partial charge on any atom is 0.259 e. The molecule has 0 saturated carbocycles. The molecule has 1 aromatic heterocycles. The van der Waals surface area contributed by atoms with Crippen LogP contribution in [0.2, 0.25) is 0 Å². The van der Waals surface area contributed by atoms with Gasteiger partial charge in [0.25, 0.3) is 5.56 Å². The van der Waals surface area contributed by atoms with Crippen LogP contribution in [-0.4, -0.2) is 22.9 Å². The summed E-state index contributed by atoms with van der Waals surface area (Å²) in [7, 11) is 3.80. The molecule has 1 unspecified atom stereocenters. The summed E-state index contributed by atoms with van der Waals surface area (Å²) in [5.74, 6) is 0.269. The zero-order chi connectivity index (χ0) is 12.6. The smallest absolute Gasteiger partial charge is 0.259 e. The zero-order valence-electron chi connectivity index (χ0n) is 9.40. The molecule has 1 heterocycles. The fourth-order valence-electron chi connectivity index (χ4n) is 1.63. The number of H-pyrrole nitrogens is 1. The molecule has 6 heteroatoms. The van der Waals surface area contributed by atoms with Crippen molar-refractivity contribution in [1.29, 1.82) is 0 Å². The summed E-state index contributed by atoms with van der Waals surface area (Å²) in [6, 6.07) is 3.10. The minimum Gasteiger partial charge on any atom is -0.496 e. The van der Waals surface area contributed by atoms with Gasteiger partial charge in [-0.25, -0.2) is 4.98 Å². The first-order valence-corrected chi connectivity index (χ1v) is 5.49. The van der Waals surface area contributed by atoms with Gasteiger partial charge in [0.05, 0.1) is 23.6 Å². The van der Waals surface area contributed by atoms with Crippen LogP contribution in [-0.2, 0) is 0 Å². The minimum atomic E-state index is -0.273. The molecule has 0 aliphatic carbocycles. The topological polar surface area (TPSA) is 72.0 Å². The second-order valence-corrected chi connectivity index (χ2v) is 4.12. The summed E-state index contributed by atoms with van der Waals surface area (Å²) in [6.45, 7) is 1.43. The Labute approximate surface area is 99.4 Å². The van der Waals surface area contributed by atoms with Crippen molar-refractivity contribution in [3.63, 3.8) is 0 Å². The summed E-state index contributed by atoms with van der Waals surface area (Å²) in [5, 5.41) is 0.377.